The van der Waals surface area contributed by atoms with Crippen molar-refractivity contribution in [2.45, 2.75) is 37.8 Å². The topological polar surface area (TPSA) is 95.8 Å². The van der Waals surface area contributed by atoms with Crippen LogP contribution in [0.15, 0.2) is 36.5 Å². The fraction of sp³-hybridized carbons (Fsp3) is 0.273. The van der Waals surface area contributed by atoms with E-state index >= 15 is 0 Å². The minimum Gasteiger partial charge on any atom is -0.381 e. The van der Waals surface area contributed by atoms with E-state index in [0.29, 0.717) is 28.3 Å². The van der Waals surface area contributed by atoms with Crippen molar-refractivity contribution in [2.24, 2.45) is 5.73 Å². The van der Waals surface area contributed by atoms with Gasteiger partial charge >= 0.3 is 0 Å². The molecule has 4 rings (SSSR count). The molecule has 29 heavy (non-hydrogen) atoms. The maximum absolute atomic E-state index is 13.1. The number of pyridine rings is 1. The average Bonchev–Trinajstić information content (AvgIpc) is 3.15. The lowest BCUT2D eigenvalue weighted by molar-refractivity contribution is 0.102. The highest BCUT2D eigenvalue weighted by Gasteiger charge is 2.23. The summed E-state index contributed by atoms with van der Waals surface area (Å²) in [7, 11) is 0. The highest BCUT2D eigenvalue weighted by molar-refractivity contribution is 6.12. The van der Waals surface area contributed by atoms with E-state index in [9.17, 15) is 9.18 Å². The molecule has 6 nitrogen and oxygen atoms in total. The van der Waals surface area contributed by atoms with Crippen LogP contribution in [0.1, 0.15) is 41.7 Å². The van der Waals surface area contributed by atoms with Gasteiger partial charge in [-0.05, 0) is 56.0 Å². The number of benzene rings is 1. The number of amides is 1. The molecule has 1 saturated carbocycles. The Hall–Kier alpha value is -3.37. The number of aromatic amines is 1. The van der Waals surface area contributed by atoms with Crippen molar-refractivity contribution < 1.29 is 9.18 Å². The maximum Gasteiger partial charge on any atom is 0.259 e. The number of anilines is 2. The second-order valence-electron chi connectivity index (χ2n) is 7.35. The fourth-order valence-corrected chi connectivity index (χ4v) is 3.68. The Kier molecular flexibility index (Phi) is 5.19. The van der Waals surface area contributed by atoms with Gasteiger partial charge in [-0.3, -0.25) is 4.79 Å². The lowest BCUT2D eigenvalue weighted by Crippen LogP contribution is -2.33. The van der Waals surface area contributed by atoms with Crippen molar-refractivity contribution in [1.82, 2.24) is 9.97 Å². The van der Waals surface area contributed by atoms with Gasteiger partial charge in [-0.25, -0.2) is 9.37 Å². The van der Waals surface area contributed by atoms with Gasteiger partial charge in [-0.1, -0.05) is 5.92 Å². The van der Waals surface area contributed by atoms with E-state index in [1.54, 1.807) is 0 Å². The van der Waals surface area contributed by atoms with Gasteiger partial charge in [0.25, 0.3) is 5.91 Å². The largest absolute Gasteiger partial charge is 0.381 e. The van der Waals surface area contributed by atoms with Crippen LogP contribution in [-0.4, -0.2) is 28.0 Å². The standard InChI is InChI=1S/C22H22FN5O/c1-2-15-11-18-20(26-16-9-5-14(24)6-10-16)19(12-25-21(18)27-15)22(29)28-17-7-3-13(23)4-8-17/h1,3-4,7-8,11-12,14,16H,5-6,9-10,24H2,(H,28,29)(H2,25,26,27). The van der Waals surface area contributed by atoms with E-state index in [0.717, 1.165) is 31.1 Å². The van der Waals surface area contributed by atoms with Crippen LogP contribution in [0.2, 0.25) is 0 Å². The van der Waals surface area contributed by atoms with Crippen molar-refractivity contribution in [3.05, 3.63) is 53.6 Å². The maximum atomic E-state index is 13.1. The van der Waals surface area contributed by atoms with E-state index in [1.165, 1.54) is 30.5 Å². The van der Waals surface area contributed by atoms with Gasteiger partial charge in [0.15, 0.2) is 0 Å². The third-order valence-corrected chi connectivity index (χ3v) is 5.28. The molecule has 1 aliphatic carbocycles. The van der Waals surface area contributed by atoms with Crippen molar-refractivity contribution in [1.29, 1.82) is 0 Å². The number of terminal acetylenes is 1. The van der Waals surface area contributed by atoms with Gasteiger partial charge in [0, 0.05) is 29.4 Å². The summed E-state index contributed by atoms with van der Waals surface area (Å²) in [4.78, 5) is 20.4. The number of rotatable bonds is 4. The first-order chi connectivity index (χ1) is 14.0. The van der Waals surface area contributed by atoms with E-state index < -0.39 is 0 Å². The molecule has 5 N–H and O–H groups in total. The summed E-state index contributed by atoms with van der Waals surface area (Å²) in [5.74, 6) is 1.88. The zero-order valence-electron chi connectivity index (χ0n) is 15.8. The predicted molar refractivity (Wildman–Crippen MR) is 112 cm³/mol. The molecule has 1 amide bonds. The zero-order chi connectivity index (χ0) is 20.4. The van der Waals surface area contributed by atoms with Crippen LogP contribution in [0.4, 0.5) is 15.8 Å². The SMILES string of the molecule is C#Cc1cc2c(NC3CCC(N)CC3)c(C(=O)Nc3ccc(F)cc3)cnc2[nH]1. The Labute approximate surface area is 168 Å². The number of hydrogen-bond acceptors (Lipinski definition) is 4. The van der Waals surface area contributed by atoms with Crippen LogP contribution >= 0.6 is 0 Å². The number of fused-ring (bicyclic) bond motifs is 1. The van der Waals surface area contributed by atoms with Gasteiger partial charge in [-0.15, -0.1) is 6.42 Å². The van der Waals surface area contributed by atoms with E-state index in [2.05, 4.69) is 26.5 Å². The number of aromatic nitrogens is 2. The molecule has 0 unspecified atom stereocenters. The molecule has 2 aromatic heterocycles. The van der Waals surface area contributed by atoms with E-state index in [4.69, 9.17) is 12.2 Å². The molecule has 2 heterocycles. The molecule has 1 aromatic carbocycles. The number of H-pyrrole nitrogens is 1. The average molecular weight is 391 g/mol. The quantitative estimate of drug-likeness (QED) is 0.511. The molecule has 0 spiro atoms. The second kappa shape index (κ2) is 7.94. The van der Waals surface area contributed by atoms with Crippen LogP contribution in [0, 0.1) is 18.2 Å². The van der Waals surface area contributed by atoms with Gasteiger partial charge in [0.05, 0.1) is 16.9 Å². The van der Waals surface area contributed by atoms with Gasteiger partial charge < -0.3 is 21.4 Å². The van der Waals surface area contributed by atoms with Gasteiger partial charge in [0.1, 0.15) is 11.5 Å². The summed E-state index contributed by atoms with van der Waals surface area (Å²) in [6, 6.07) is 7.88. The Balaban J connectivity index is 1.69. The number of nitrogens with one attached hydrogen (secondary N) is 3. The fourth-order valence-electron chi connectivity index (χ4n) is 3.68. The first-order valence-corrected chi connectivity index (χ1v) is 9.61. The Morgan fingerprint density at radius 2 is 1.97 bits per heavy atom. The summed E-state index contributed by atoms with van der Waals surface area (Å²) < 4.78 is 13.1. The molecule has 7 heteroatoms. The van der Waals surface area contributed by atoms with Crippen molar-refractivity contribution in [3.63, 3.8) is 0 Å². The van der Waals surface area contributed by atoms with Crippen LogP contribution in [0.25, 0.3) is 11.0 Å². The molecule has 0 aliphatic heterocycles. The summed E-state index contributed by atoms with van der Waals surface area (Å²) in [6.45, 7) is 0. The number of hydrogen-bond donors (Lipinski definition) is 4. The van der Waals surface area contributed by atoms with E-state index in [1.807, 2.05) is 6.07 Å². The number of nitrogens with two attached hydrogens (primary N) is 1. The van der Waals surface area contributed by atoms with Crippen LogP contribution in [0.5, 0.6) is 0 Å². The predicted octanol–water partition coefficient (Wildman–Crippen LogP) is 3.62. The smallest absolute Gasteiger partial charge is 0.259 e. The molecule has 0 radical (unpaired) electrons. The zero-order valence-corrected chi connectivity index (χ0v) is 15.8. The molecule has 1 aliphatic rings. The molecule has 0 atom stereocenters. The van der Waals surface area contributed by atoms with E-state index in [-0.39, 0.29) is 23.8 Å². The van der Waals surface area contributed by atoms with Crippen LogP contribution < -0.4 is 16.4 Å². The molecular formula is C22H22FN5O. The summed E-state index contributed by atoms with van der Waals surface area (Å²) in [5, 5.41) is 7.08. The Morgan fingerprint density at radius 1 is 1.24 bits per heavy atom. The lowest BCUT2D eigenvalue weighted by Gasteiger charge is -2.28. The van der Waals surface area contributed by atoms with Crippen LogP contribution in [0.3, 0.4) is 0 Å². The van der Waals surface area contributed by atoms with Gasteiger partial charge in [-0.2, -0.15) is 0 Å². The third-order valence-electron chi connectivity index (χ3n) is 5.28. The van der Waals surface area contributed by atoms with Crippen molar-refractivity contribution in [3.8, 4) is 12.3 Å². The highest BCUT2D eigenvalue weighted by Crippen LogP contribution is 2.30. The summed E-state index contributed by atoms with van der Waals surface area (Å²) in [6.07, 6.45) is 10.8. The summed E-state index contributed by atoms with van der Waals surface area (Å²) >= 11 is 0. The van der Waals surface area contributed by atoms with Crippen molar-refractivity contribution >= 4 is 28.3 Å². The Morgan fingerprint density at radius 3 is 2.66 bits per heavy atom. The molecule has 1 fully saturated rings. The van der Waals surface area contributed by atoms with Crippen molar-refractivity contribution in [2.75, 3.05) is 10.6 Å². The number of carbonyl (C=O) groups excluding carboxylic acids is 1. The molecule has 0 bridgehead atoms. The number of carbonyl (C=O) groups is 1. The minimum absolute atomic E-state index is 0.210. The number of nitrogens with zero attached hydrogens (tertiary/aromatic N) is 1. The minimum atomic E-state index is -0.363. The molecule has 148 valence electrons. The molecule has 3 aromatic rings. The second-order valence-corrected chi connectivity index (χ2v) is 7.35. The lowest BCUT2D eigenvalue weighted by atomic mass is 9.91. The first-order valence-electron chi connectivity index (χ1n) is 9.61. The monoisotopic (exact) mass is 391 g/mol. The summed E-state index contributed by atoms with van der Waals surface area (Å²) in [5.41, 5.74) is 8.83. The molecular weight excluding hydrogens is 369 g/mol. The number of halogens is 1. The molecule has 0 saturated heterocycles. The third kappa shape index (κ3) is 4.08. The highest BCUT2D eigenvalue weighted by atomic mass is 19.1. The Bertz CT molecular complexity index is 1080. The van der Waals surface area contributed by atoms with Crippen LogP contribution in [-0.2, 0) is 0 Å². The first kappa shape index (κ1) is 19.0. The van der Waals surface area contributed by atoms with Gasteiger partial charge in [0.2, 0.25) is 0 Å². The normalized spacial score (nSPS) is 18.9.